The first kappa shape index (κ1) is 9.84. The lowest BCUT2D eigenvalue weighted by molar-refractivity contribution is 0.0842. The molecule has 1 aromatic rings. The van der Waals surface area contributed by atoms with Gasteiger partial charge in [-0.2, -0.15) is 0 Å². The highest BCUT2D eigenvalue weighted by Crippen LogP contribution is 2.40. The van der Waals surface area contributed by atoms with Gasteiger partial charge in [0.15, 0.2) is 0 Å². The minimum Gasteiger partial charge on any atom is -0.507 e. The van der Waals surface area contributed by atoms with E-state index in [1.807, 2.05) is 6.07 Å². The Morgan fingerprint density at radius 3 is 2.86 bits per heavy atom. The fourth-order valence-corrected chi connectivity index (χ4v) is 2.22. The maximum absolute atomic E-state index is 9.50. The first-order valence-electron chi connectivity index (χ1n) is 4.69. The van der Waals surface area contributed by atoms with Crippen LogP contribution in [-0.4, -0.2) is 10.7 Å². The molecule has 0 amide bonds. The molecule has 76 valence electrons. The molecule has 1 aliphatic heterocycles. The van der Waals surface area contributed by atoms with E-state index in [2.05, 4.69) is 29.8 Å². The molecule has 0 aliphatic carbocycles. The Morgan fingerprint density at radius 2 is 2.14 bits per heavy atom. The van der Waals surface area contributed by atoms with Crippen molar-refractivity contribution < 1.29 is 9.84 Å². The Morgan fingerprint density at radius 1 is 1.43 bits per heavy atom. The largest absolute Gasteiger partial charge is 0.507 e. The van der Waals surface area contributed by atoms with Crippen molar-refractivity contribution in [3.8, 4) is 11.5 Å². The second kappa shape index (κ2) is 3.16. The molecule has 0 saturated carbocycles. The average Bonchev–Trinajstić information content (AvgIpc) is 2.10. The summed E-state index contributed by atoms with van der Waals surface area (Å²) in [5, 5.41) is 9.50. The number of aromatic hydroxyl groups is 1. The number of halogens is 1. The van der Waals surface area contributed by atoms with E-state index >= 15 is 0 Å². The third-order valence-corrected chi connectivity index (χ3v) is 3.43. The van der Waals surface area contributed by atoms with Crippen molar-refractivity contribution in [3.63, 3.8) is 0 Å². The molecule has 1 aliphatic rings. The summed E-state index contributed by atoms with van der Waals surface area (Å²) in [4.78, 5) is 0. The summed E-state index contributed by atoms with van der Waals surface area (Å²) < 4.78 is 6.58. The number of fused-ring (bicyclic) bond motifs is 1. The van der Waals surface area contributed by atoms with Gasteiger partial charge in [-0.15, -0.1) is 0 Å². The topological polar surface area (TPSA) is 29.5 Å². The molecule has 0 fully saturated rings. The summed E-state index contributed by atoms with van der Waals surface area (Å²) in [7, 11) is 0. The normalized spacial score (nSPS) is 18.5. The van der Waals surface area contributed by atoms with Crippen LogP contribution in [0.3, 0.4) is 0 Å². The van der Waals surface area contributed by atoms with Crippen molar-refractivity contribution >= 4 is 15.9 Å². The van der Waals surface area contributed by atoms with Crippen molar-refractivity contribution in [1.82, 2.24) is 0 Å². The van der Waals surface area contributed by atoms with Gasteiger partial charge >= 0.3 is 0 Å². The molecule has 14 heavy (non-hydrogen) atoms. The predicted molar refractivity (Wildman–Crippen MR) is 58.8 cm³/mol. The van der Waals surface area contributed by atoms with Crippen LogP contribution in [0, 0.1) is 0 Å². The third-order valence-electron chi connectivity index (χ3n) is 2.54. The van der Waals surface area contributed by atoms with Gasteiger partial charge < -0.3 is 9.84 Å². The summed E-state index contributed by atoms with van der Waals surface area (Å²) >= 11 is 3.37. The smallest absolute Gasteiger partial charge is 0.130 e. The van der Waals surface area contributed by atoms with E-state index in [4.69, 9.17) is 4.74 Å². The van der Waals surface area contributed by atoms with Crippen LogP contribution in [0.5, 0.6) is 11.5 Å². The van der Waals surface area contributed by atoms with Crippen molar-refractivity contribution in [1.29, 1.82) is 0 Å². The number of phenols is 1. The zero-order valence-electron chi connectivity index (χ0n) is 8.30. The monoisotopic (exact) mass is 256 g/mol. The Kier molecular flexibility index (Phi) is 2.22. The summed E-state index contributed by atoms with van der Waals surface area (Å²) in [6.45, 7) is 4.16. The second-order valence-electron chi connectivity index (χ2n) is 4.24. The minimum atomic E-state index is -0.0938. The first-order chi connectivity index (χ1) is 6.49. The number of hydrogen-bond donors (Lipinski definition) is 1. The molecule has 2 rings (SSSR count). The number of rotatable bonds is 0. The molecule has 2 nitrogen and oxygen atoms in total. The molecule has 0 unspecified atom stereocenters. The summed E-state index contributed by atoms with van der Waals surface area (Å²) in [5.41, 5.74) is 0.980. The molecule has 1 aromatic carbocycles. The van der Waals surface area contributed by atoms with Crippen molar-refractivity contribution in [2.45, 2.75) is 32.3 Å². The van der Waals surface area contributed by atoms with Gasteiger partial charge in [0.25, 0.3) is 0 Å². The SMILES string of the molecule is CC1(C)CCc2c(ccc(O)c2Br)O1. The average molecular weight is 257 g/mol. The number of ether oxygens (including phenoxy) is 1. The quantitative estimate of drug-likeness (QED) is 0.773. The molecule has 1 heterocycles. The van der Waals surface area contributed by atoms with Gasteiger partial charge in [-0.1, -0.05) is 0 Å². The number of benzene rings is 1. The molecular weight excluding hydrogens is 244 g/mol. The minimum absolute atomic E-state index is 0.0938. The highest BCUT2D eigenvalue weighted by atomic mass is 79.9. The van der Waals surface area contributed by atoms with E-state index in [0.717, 1.165) is 28.6 Å². The molecule has 0 radical (unpaired) electrons. The van der Waals surface area contributed by atoms with E-state index in [1.165, 1.54) is 0 Å². The summed E-state index contributed by atoms with van der Waals surface area (Å²) in [5.74, 6) is 1.16. The van der Waals surface area contributed by atoms with Crippen LogP contribution in [0.2, 0.25) is 0 Å². The van der Waals surface area contributed by atoms with Crippen LogP contribution in [0.15, 0.2) is 16.6 Å². The standard InChI is InChI=1S/C11H13BrO2/c1-11(2)6-5-7-9(14-11)4-3-8(13)10(7)12/h3-4,13H,5-6H2,1-2H3. The molecule has 0 saturated heterocycles. The van der Waals surface area contributed by atoms with Gasteiger partial charge in [-0.3, -0.25) is 0 Å². The highest BCUT2D eigenvalue weighted by molar-refractivity contribution is 9.10. The molecule has 0 spiro atoms. The van der Waals surface area contributed by atoms with Crippen LogP contribution in [0.4, 0.5) is 0 Å². The first-order valence-corrected chi connectivity index (χ1v) is 5.48. The van der Waals surface area contributed by atoms with Gasteiger partial charge in [0.05, 0.1) is 4.47 Å². The summed E-state index contributed by atoms with van der Waals surface area (Å²) in [6.07, 6.45) is 1.92. The zero-order valence-corrected chi connectivity index (χ0v) is 9.89. The molecule has 3 heteroatoms. The van der Waals surface area contributed by atoms with Crippen molar-refractivity contribution in [3.05, 3.63) is 22.2 Å². The van der Waals surface area contributed by atoms with Gasteiger partial charge in [0.1, 0.15) is 17.1 Å². The van der Waals surface area contributed by atoms with Crippen LogP contribution in [0.25, 0.3) is 0 Å². The van der Waals surface area contributed by atoms with Crippen molar-refractivity contribution in [2.75, 3.05) is 0 Å². The van der Waals surface area contributed by atoms with E-state index < -0.39 is 0 Å². The molecule has 1 N–H and O–H groups in total. The number of hydrogen-bond acceptors (Lipinski definition) is 2. The fourth-order valence-electron chi connectivity index (χ4n) is 1.69. The van der Waals surface area contributed by atoms with E-state index in [9.17, 15) is 5.11 Å². The van der Waals surface area contributed by atoms with Gasteiger partial charge in [-0.25, -0.2) is 0 Å². The maximum Gasteiger partial charge on any atom is 0.130 e. The predicted octanol–water partition coefficient (Wildman–Crippen LogP) is 3.26. The van der Waals surface area contributed by atoms with Crippen LogP contribution < -0.4 is 4.74 Å². The Balaban J connectivity index is 2.46. The van der Waals surface area contributed by atoms with Crippen LogP contribution in [-0.2, 0) is 6.42 Å². The lowest BCUT2D eigenvalue weighted by Crippen LogP contribution is -2.32. The van der Waals surface area contributed by atoms with E-state index in [-0.39, 0.29) is 11.4 Å². The Bertz CT molecular complexity index is 372. The Hall–Kier alpha value is -0.700. The van der Waals surface area contributed by atoms with Gasteiger partial charge in [0, 0.05) is 5.56 Å². The number of phenolic OH excluding ortho intramolecular Hbond substituents is 1. The molecule has 0 atom stereocenters. The van der Waals surface area contributed by atoms with Gasteiger partial charge in [-0.05, 0) is 54.8 Å². The lowest BCUT2D eigenvalue weighted by Gasteiger charge is -2.33. The maximum atomic E-state index is 9.50. The summed E-state index contributed by atoms with van der Waals surface area (Å²) in [6, 6.07) is 3.49. The van der Waals surface area contributed by atoms with Gasteiger partial charge in [0.2, 0.25) is 0 Å². The third kappa shape index (κ3) is 1.61. The highest BCUT2D eigenvalue weighted by Gasteiger charge is 2.28. The zero-order chi connectivity index (χ0) is 10.3. The van der Waals surface area contributed by atoms with Crippen LogP contribution >= 0.6 is 15.9 Å². The van der Waals surface area contributed by atoms with E-state index in [1.54, 1.807) is 6.07 Å². The van der Waals surface area contributed by atoms with Crippen LogP contribution in [0.1, 0.15) is 25.8 Å². The second-order valence-corrected chi connectivity index (χ2v) is 5.03. The lowest BCUT2D eigenvalue weighted by atomic mass is 9.94. The molecule has 0 aromatic heterocycles. The molecular formula is C11H13BrO2. The Labute approximate surface area is 92.0 Å². The van der Waals surface area contributed by atoms with E-state index in [0.29, 0.717) is 0 Å². The fraction of sp³-hybridized carbons (Fsp3) is 0.455. The van der Waals surface area contributed by atoms with Crippen molar-refractivity contribution in [2.24, 2.45) is 0 Å². The molecule has 0 bridgehead atoms.